The molecule has 90 valence electrons. The Kier molecular flexibility index (Phi) is 3.45. The molecule has 0 saturated heterocycles. The molecule has 0 amide bonds. The van der Waals surface area contributed by atoms with Crippen LogP contribution in [0.15, 0.2) is 24.3 Å². The third-order valence-electron chi connectivity index (χ3n) is 2.58. The van der Waals surface area contributed by atoms with Crippen molar-refractivity contribution in [2.75, 3.05) is 7.05 Å². The maximum atomic E-state index is 13.2. The van der Waals surface area contributed by atoms with E-state index in [-0.39, 0.29) is 5.82 Å². The van der Waals surface area contributed by atoms with Crippen molar-refractivity contribution in [1.82, 2.24) is 14.9 Å². The number of halogens is 2. The Hall–Kier alpha value is -1.39. The van der Waals surface area contributed by atoms with Gasteiger partial charge in [-0.05, 0) is 19.2 Å². The molecule has 1 aromatic carbocycles. The van der Waals surface area contributed by atoms with Gasteiger partial charge in [-0.3, -0.25) is 0 Å². The summed E-state index contributed by atoms with van der Waals surface area (Å²) in [6, 6.07) is 6.33. The van der Waals surface area contributed by atoms with E-state index in [1.54, 1.807) is 6.07 Å². The Morgan fingerprint density at radius 1 is 1.47 bits per heavy atom. The van der Waals surface area contributed by atoms with Crippen LogP contribution >= 0.6 is 11.6 Å². The average molecular weight is 254 g/mol. The second-order valence-electron chi connectivity index (χ2n) is 3.77. The van der Waals surface area contributed by atoms with E-state index >= 15 is 0 Å². The molecule has 0 aliphatic rings. The second kappa shape index (κ2) is 4.85. The molecule has 0 atom stereocenters. The fourth-order valence-corrected chi connectivity index (χ4v) is 2.11. The standard InChI is InChI=1S/C12H13ClFN3/c1-15-7-10-16-12(13)11(17(10)2)8-4-3-5-9(14)6-8/h3-6,15H,7H2,1-2H3. The van der Waals surface area contributed by atoms with Gasteiger partial charge in [-0.2, -0.15) is 0 Å². The largest absolute Gasteiger partial charge is 0.329 e. The summed E-state index contributed by atoms with van der Waals surface area (Å²) in [5.74, 6) is 0.534. The van der Waals surface area contributed by atoms with Gasteiger partial charge in [-0.25, -0.2) is 9.37 Å². The summed E-state index contributed by atoms with van der Waals surface area (Å²) >= 11 is 6.09. The summed E-state index contributed by atoms with van der Waals surface area (Å²) in [6.45, 7) is 0.617. The molecule has 0 fully saturated rings. The minimum absolute atomic E-state index is 0.282. The third-order valence-corrected chi connectivity index (χ3v) is 2.84. The van der Waals surface area contributed by atoms with E-state index in [0.29, 0.717) is 11.7 Å². The van der Waals surface area contributed by atoms with E-state index in [1.807, 2.05) is 24.7 Å². The summed E-state index contributed by atoms with van der Waals surface area (Å²) in [6.07, 6.45) is 0. The van der Waals surface area contributed by atoms with Gasteiger partial charge in [0.2, 0.25) is 0 Å². The lowest BCUT2D eigenvalue weighted by atomic mass is 10.1. The molecular formula is C12H13ClFN3. The number of aromatic nitrogens is 2. The zero-order valence-corrected chi connectivity index (χ0v) is 10.4. The quantitative estimate of drug-likeness (QED) is 0.911. The highest BCUT2D eigenvalue weighted by Gasteiger charge is 2.14. The van der Waals surface area contributed by atoms with Crippen LogP contribution in [0.4, 0.5) is 4.39 Å². The van der Waals surface area contributed by atoms with Crippen LogP contribution in [-0.2, 0) is 13.6 Å². The van der Waals surface area contributed by atoms with Gasteiger partial charge in [-0.1, -0.05) is 23.7 Å². The summed E-state index contributed by atoms with van der Waals surface area (Å²) in [7, 11) is 3.70. The van der Waals surface area contributed by atoms with Gasteiger partial charge >= 0.3 is 0 Å². The molecular weight excluding hydrogens is 241 g/mol. The number of nitrogens with zero attached hydrogens (tertiary/aromatic N) is 2. The minimum Gasteiger partial charge on any atom is -0.329 e. The van der Waals surface area contributed by atoms with Gasteiger partial charge in [0.25, 0.3) is 0 Å². The van der Waals surface area contributed by atoms with Crippen LogP contribution in [0, 0.1) is 5.82 Å². The molecule has 0 aliphatic carbocycles. The van der Waals surface area contributed by atoms with Gasteiger partial charge in [0.1, 0.15) is 11.6 Å². The minimum atomic E-state index is -0.282. The lowest BCUT2D eigenvalue weighted by Gasteiger charge is -2.06. The Balaban J connectivity index is 2.52. The van der Waals surface area contributed by atoms with Crippen LogP contribution in [0.5, 0.6) is 0 Å². The first-order valence-electron chi connectivity index (χ1n) is 5.25. The summed E-state index contributed by atoms with van der Waals surface area (Å²) in [5.41, 5.74) is 1.46. The van der Waals surface area contributed by atoms with Gasteiger partial charge < -0.3 is 9.88 Å². The fraction of sp³-hybridized carbons (Fsp3) is 0.250. The molecule has 1 N–H and O–H groups in total. The maximum absolute atomic E-state index is 13.2. The summed E-state index contributed by atoms with van der Waals surface area (Å²) < 4.78 is 15.1. The molecule has 0 spiro atoms. The van der Waals surface area contributed by atoms with E-state index < -0.39 is 0 Å². The fourth-order valence-electron chi connectivity index (χ4n) is 1.77. The number of benzene rings is 1. The van der Waals surface area contributed by atoms with Crippen molar-refractivity contribution in [2.45, 2.75) is 6.54 Å². The first-order valence-corrected chi connectivity index (χ1v) is 5.63. The summed E-state index contributed by atoms with van der Waals surface area (Å²) in [4.78, 5) is 4.25. The lowest BCUT2D eigenvalue weighted by molar-refractivity contribution is 0.628. The highest BCUT2D eigenvalue weighted by molar-refractivity contribution is 6.32. The molecule has 5 heteroatoms. The zero-order chi connectivity index (χ0) is 12.4. The van der Waals surface area contributed by atoms with E-state index in [0.717, 1.165) is 17.1 Å². The normalized spacial score (nSPS) is 10.8. The molecule has 0 radical (unpaired) electrons. The molecule has 0 bridgehead atoms. The first kappa shape index (κ1) is 12.1. The Bertz CT molecular complexity index is 537. The molecule has 0 unspecified atom stereocenters. The van der Waals surface area contributed by atoms with E-state index in [9.17, 15) is 4.39 Å². The zero-order valence-electron chi connectivity index (χ0n) is 9.67. The summed E-state index contributed by atoms with van der Waals surface area (Å²) in [5, 5.41) is 3.40. The smallest absolute Gasteiger partial charge is 0.155 e. The number of hydrogen-bond acceptors (Lipinski definition) is 2. The predicted octanol–water partition coefficient (Wildman–Crippen LogP) is 2.60. The molecule has 17 heavy (non-hydrogen) atoms. The third kappa shape index (κ3) is 2.33. The van der Waals surface area contributed by atoms with Crippen molar-refractivity contribution < 1.29 is 4.39 Å². The molecule has 1 aromatic heterocycles. The molecule has 3 nitrogen and oxygen atoms in total. The van der Waals surface area contributed by atoms with Crippen LogP contribution < -0.4 is 5.32 Å². The van der Waals surface area contributed by atoms with Crippen molar-refractivity contribution in [2.24, 2.45) is 7.05 Å². The van der Waals surface area contributed by atoms with Gasteiger partial charge in [0.05, 0.1) is 12.2 Å². The number of hydrogen-bond donors (Lipinski definition) is 1. The highest BCUT2D eigenvalue weighted by Crippen LogP contribution is 2.28. The Morgan fingerprint density at radius 3 is 2.88 bits per heavy atom. The molecule has 0 aliphatic heterocycles. The highest BCUT2D eigenvalue weighted by atomic mass is 35.5. The van der Waals surface area contributed by atoms with Crippen LogP contribution in [0.25, 0.3) is 11.3 Å². The molecule has 1 heterocycles. The van der Waals surface area contributed by atoms with Gasteiger partial charge in [0.15, 0.2) is 5.15 Å². The van der Waals surface area contributed by atoms with Crippen molar-refractivity contribution in [1.29, 1.82) is 0 Å². The number of rotatable bonds is 3. The predicted molar refractivity (Wildman–Crippen MR) is 66.4 cm³/mol. The van der Waals surface area contributed by atoms with Crippen LogP contribution in [0.1, 0.15) is 5.82 Å². The van der Waals surface area contributed by atoms with Crippen molar-refractivity contribution in [3.8, 4) is 11.3 Å². The monoisotopic (exact) mass is 253 g/mol. The van der Waals surface area contributed by atoms with Crippen molar-refractivity contribution >= 4 is 11.6 Å². The topological polar surface area (TPSA) is 29.9 Å². The second-order valence-corrected chi connectivity index (χ2v) is 4.13. The Labute approximate surface area is 104 Å². The maximum Gasteiger partial charge on any atom is 0.155 e. The Morgan fingerprint density at radius 2 is 2.24 bits per heavy atom. The van der Waals surface area contributed by atoms with Crippen LogP contribution in [0.2, 0.25) is 5.15 Å². The SMILES string of the molecule is CNCc1nc(Cl)c(-c2cccc(F)c2)n1C. The van der Waals surface area contributed by atoms with E-state index in [1.165, 1.54) is 12.1 Å². The molecule has 2 aromatic rings. The lowest BCUT2D eigenvalue weighted by Crippen LogP contribution is -2.10. The van der Waals surface area contributed by atoms with Crippen LogP contribution in [0.3, 0.4) is 0 Å². The van der Waals surface area contributed by atoms with E-state index in [4.69, 9.17) is 11.6 Å². The number of imidazole rings is 1. The van der Waals surface area contributed by atoms with Crippen LogP contribution in [-0.4, -0.2) is 16.6 Å². The van der Waals surface area contributed by atoms with Gasteiger partial charge in [0, 0.05) is 12.6 Å². The first-order chi connectivity index (χ1) is 8.13. The van der Waals surface area contributed by atoms with E-state index in [2.05, 4.69) is 10.3 Å². The van der Waals surface area contributed by atoms with Gasteiger partial charge in [-0.15, -0.1) is 0 Å². The number of nitrogens with one attached hydrogen (secondary N) is 1. The molecule has 2 rings (SSSR count). The average Bonchev–Trinajstić information content (AvgIpc) is 2.55. The van der Waals surface area contributed by atoms with Crippen molar-refractivity contribution in [3.63, 3.8) is 0 Å². The molecule has 0 saturated carbocycles. The van der Waals surface area contributed by atoms with Crippen molar-refractivity contribution in [3.05, 3.63) is 41.1 Å².